The molecule has 0 spiro atoms. The van der Waals surface area contributed by atoms with Gasteiger partial charge in [0.2, 0.25) is 17.6 Å². The van der Waals surface area contributed by atoms with Crippen LogP contribution >= 0.6 is 11.8 Å². The Morgan fingerprint density at radius 3 is 1.30 bits per heavy atom. The number of nitrogens with zero attached hydrogens (tertiary/aromatic N) is 1. The summed E-state index contributed by atoms with van der Waals surface area (Å²) < 4.78 is 16.3. The molecule has 12 heteroatoms. The van der Waals surface area contributed by atoms with Crippen molar-refractivity contribution in [2.24, 2.45) is 0 Å². The number of esters is 3. The Bertz CT molecular complexity index is 1160. The fraction of sp³-hybridized carbons (Fsp3) is 0.844. The van der Waals surface area contributed by atoms with Crippen molar-refractivity contribution >= 4 is 52.4 Å². The number of rotatable bonds is 38. The summed E-state index contributed by atoms with van der Waals surface area (Å²) in [6.45, 7) is 3.85. The molecular formula is C45H77NO10S. The van der Waals surface area contributed by atoms with Crippen molar-refractivity contribution in [1.29, 1.82) is 0 Å². The molecule has 0 aromatic rings. The van der Waals surface area contributed by atoms with E-state index in [9.17, 15) is 33.6 Å². The summed E-state index contributed by atoms with van der Waals surface area (Å²) in [5.74, 6) is -3.48. The Kier molecular flexibility index (Phi) is 32.3. The Morgan fingerprint density at radius 2 is 0.912 bits per heavy atom. The lowest BCUT2D eigenvalue weighted by atomic mass is 10.0. The van der Waals surface area contributed by atoms with Gasteiger partial charge in [0.1, 0.15) is 18.5 Å². The average molecular weight is 824 g/mol. The SMILES string of the molecule is CCCCCCCCCCCCCCCC(=O)OCC(COC(=O)CCC(=O)C(=O)SC1CC(=O)N(C)C1=O)OC(=O)CCCCCCCCCCCCCCC. The molecule has 0 aliphatic carbocycles. The van der Waals surface area contributed by atoms with Gasteiger partial charge >= 0.3 is 17.9 Å². The van der Waals surface area contributed by atoms with Crippen molar-refractivity contribution in [3.05, 3.63) is 0 Å². The van der Waals surface area contributed by atoms with E-state index in [1.54, 1.807) is 0 Å². The van der Waals surface area contributed by atoms with Crippen LogP contribution < -0.4 is 0 Å². The van der Waals surface area contributed by atoms with Crippen molar-refractivity contribution < 1.29 is 47.8 Å². The first-order valence-corrected chi connectivity index (χ1v) is 23.5. The minimum absolute atomic E-state index is 0.162. The molecule has 57 heavy (non-hydrogen) atoms. The number of likely N-dealkylation sites (tertiary alicyclic amines) is 1. The van der Waals surface area contributed by atoms with Crippen LogP contribution in [0.5, 0.6) is 0 Å². The first-order valence-electron chi connectivity index (χ1n) is 22.6. The summed E-state index contributed by atoms with van der Waals surface area (Å²) in [6, 6.07) is 0. The molecule has 0 saturated carbocycles. The number of carbonyl (C=O) groups excluding carboxylic acids is 7. The third-order valence-electron chi connectivity index (χ3n) is 10.5. The molecule has 0 aromatic carbocycles. The lowest BCUT2D eigenvalue weighted by Gasteiger charge is -2.18. The molecule has 1 heterocycles. The fourth-order valence-corrected chi connectivity index (χ4v) is 7.75. The quantitative estimate of drug-likeness (QED) is 0.0192. The molecule has 0 N–H and O–H groups in total. The second-order valence-electron chi connectivity index (χ2n) is 15.8. The maximum absolute atomic E-state index is 12.7. The van der Waals surface area contributed by atoms with Gasteiger partial charge in [-0.1, -0.05) is 180 Å². The van der Waals surface area contributed by atoms with E-state index in [2.05, 4.69) is 13.8 Å². The summed E-state index contributed by atoms with van der Waals surface area (Å²) >= 11 is 0.490. The highest BCUT2D eigenvalue weighted by Gasteiger charge is 2.39. The van der Waals surface area contributed by atoms with E-state index in [1.165, 1.54) is 123 Å². The van der Waals surface area contributed by atoms with Gasteiger partial charge in [-0.05, 0) is 12.8 Å². The smallest absolute Gasteiger partial charge is 0.306 e. The molecule has 0 bridgehead atoms. The third-order valence-corrected chi connectivity index (χ3v) is 11.6. The standard InChI is InChI=1S/C45H77NO10S/c1-4-6-8-10-12-14-16-18-20-22-24-26-28-30-41(49)54-35-37(56-43(51)31-29-27-25-23-21-19-17-15-13-11-9-7-5-2)36-55-42(50)33-32-38(47)45(53)57-39-34-40(48)46(3)44(39)52/h37,39H,4-36H2,1-3H3. The predicted octanol–water partition coefficient (Wildman–Crippen LogP) is 10.3. The Labute approximate surface area is 348 Å². The summed E-state index contributed by atoms with van der Waals surface area (Å²) in [5.41, 5.74) is 0. The Morgan fingerprint density at radius 1 is 0.544 bits per heavy atom. The highest BCUT2D eigenvalue weighted by Crippen LogP contribution is 2.25. The number of Topliss-reactive ketones (excluding diaryl/α,β-unsaturated/α-hetero) is 1. The van der Waals surface area contributed by atoms with E-state index in [4.69, 9.17) is 14.2 Å². The van der Waals surface area contributed by atoms with E-state index in [0.29, 0.717) is 24.6 Å². The monoisotopic (exact) mass is 824 g/mol. The molecule has 11 nitrogen and oxygen atoms in total. The molecule has 2 amide bonds. The predicted molar refractivity (Wildman–Crippen MR) is 225 cm³/mol. The fourth-order valence-electron chi connectivity index (χ4n) is 6.78. The third kappa shape index (κ3) is 28.3. The van der Waals surface area contributed by atoms with Crippen LogP contribution in [-0.4, -0.2) is 77.1 Å². The molecule has 1 aliphatic heterocycles. The van der Waals surface area contributed by atoms with Gasteiger partial charge in [-0.25, -0.2) is 0 Å². The van der Waals surface area contributed by atoms with Gasteiger partial charge in [-0.2, -0.15) is 0 Å². The van der Waals surface area contributed by atoms with Crippen LogP contribution in [0, 0.1) is 0 Å². The molecular weight excluding hydrogens is 747 g/mol. The Hall–Kier alpha value is -2.76. The van der Waals surface area contributed by atoms with Crippen LogP contribution in [-0.2, 0) is 47.8 Å². The summed E-state index contributed by atoms with van der Waals surface area (Å²) in [7, 11) is 1.32. The van der Waals surface area contributed by atoms with Gasteiger partial charge in [0.05, 0.1) is 6.42 Å². The van der Waals surface area contributed by atoms with Crippen molar-refractivity contribution in [3.63, 3.8) is 0 Å². The molecule has 1 fully saturated rings. The van der Waals surface area contributed by atoms with Crippen LogP contribution in [0.4, 0.5) is 0 Å². The van der Waals surface area contributed by atoms with E-state index >= 15 is 0 Å². The number of hydrogen-bond acceptors (Lipinski definition) is 11. The summed E-state index contributed by atoms with van der Waals surface area (Å²) in [5, 5.41) is -1.85. The number of thioether (sulfide) groups is 1. The second-order valence-corrected chi connectivity index (χ2v) is 17.0. The highest BCUT2D eigenvalue weighted by molar-refractivity contribution is 8.16. The number of imide groups is 1. The van der Waals surface area contributed by atoms with E-state index in [-0.39, 0.29) is 32.5 Å². The van der Waals surface area contributed by atoms with E-state index in [0.717, 1.165) is 43.4 Å². The summed E-state index contributed by atoms with van der Waals surface area (Å²) in [4.78, 5) is 87.1. The van der Waals surface area contributed by atoms with Crippen molar-refractivity contribution in [2.45, 2.75) is 224 Å². The topological polar surface area (TPSA) is 150 Å². The Balaban J connectivity index is 2.40. The van der Waals surface area contributed by atoms with Gasteiger partial charge in [-0.3, -0.25) is 38.5 Å². The van der Waals surface area contributed by atoms with Gasteiger partial charge in [0, 0.05) is 32.7 Å². The van der Waals surface area contributed by atoms with Gasteiger partial charge in [0.25, 0.3) is 5.12 Å². The molecule has 0 radical (unpaired) electrons. The zero-order valence-electron chi connectivity index (χ0n) is 35.9. The number of ether oxygens (including phenoxy) is 3. The largest absolute Gasteiger partial charge is 0.462 e. The van der Waals surface area contributed by atoms with Gasteiger partial charge < -0.3 is 14.2 Å². The number of amides is 2. The molecule has 1 rings (SSSR count). The second kappa shape index (κ2) is 35.2. The number of unbranched alkanes of at least 4 members (excludes halogenated alkanes) is 24. The molecule has 0 aromatic heterocycles. The number of ketones is 1. The molecule has 2 unspecified atom stereocenters. The zero-order valence-corrected chi connectivity index (χ0v) is 36.7. The zero-order chi connectivity index (χ0) is 41.9. The normalized spacial score (nSPS) is 14.5. The van der Waals surface area contributed by atoms with E-state index < -0.39 is 64.8 Å². The first kappa shape index (κ1) is 52.3. The van der Waals surface area contributed by atoms with Crippen molar-refractivity contribution in [2.75, 3.05) is 20.3 Å². The van der Waals surface area contributed by atoms with Crippen LogP contribution in [0.1, 0.15) is 213 Å². The lowest BCUT2D eigenvalue weighted by Crippen LogP contribution is -2.31. The molecule has 1 aliphatic rings. The highest BCUT2D eigenvalue weighted by atomic mass is 32.2. The average Bonchev–Trinajstić information content (AvgIpc) is 3.43. The van der Waals surface area contributed by atoms with Crippen molar-refractivity contribution in [1.82, 2.24) is 4.90 Å². The molecule has 2 atom stereocenters. The van der Waals surface area contributed by atoms with Gasteiger partial charge in [0.15, 0.2) is 6.10 Å². The molecule has 1 saturated heterocycles. The maximum atomic E-state index is 12.7. The number of hydrogen-bond donors (Lipinski definition) is 0. The van der Waals surface area contributed by atoms with E-state index in [1.807, 2.05) is 0 Å². The van der Waals surface area contributed by atoms with Crippen LogP contribution in [0.15, 0.2) is 0 Å². The first-order chi connectivity index (χ1) is 27.6. The minimum Gasteiger partial charge on any atom is -0.462 e. The molecule has 328 valence electrons. The summed E-state index contributed by atoms with van der Waals surface area (Å²) in [6.07, 6.45) is 29.5. The maximum Gasteiger partial charge on any atom is 0.306 e. The minimum atomic E-state index is -1.00. The van der Waals surface area contributed by atoms with Crippen LogP contribution in [0.2, 0.25) is 0 Å². The lowest BCUT2D eigenvalue weighted by molar-refractivity contribution is -0.167. The number of carbonyl (C=O) groups is 7. The van der Waals surface area contributed by atoms with Gasteiger partial charge in [-0.15, -0.1) is 0 Å². The van der Waals surface area contributed by atoms with Crippen LogP contribution in [0.3, 0.4) is 0 Å². The van der Waals surface area contributed by atoms with Crippen LogP contribution in [0.25, 0.3) is 0 Å². The van der Waals surface area contributed by atoms with Crippen molar-refractivity contribution in [3.8, 4) is 0 Å².